The zero-order valence-corrected chi connectivity index (χ0v) is 75.7. The molecular weight excluding hydrogens is 1790 g/mol. The number of benzene rings is 12. The van der Waals surface area contributed by atoms with E-state index in [1.54, 1.807) is 0 Å². The van der Waals surface area contributed by atoms with Crippen LogP contribution in [0.4, 0.5) is 26.3 Å². The molecule has 128 heavy (non-hydrogen) atoms. The van der Waals surface area contributed by atoms with Crippen LogP contribution in [0.25, 0.3) is 150 Å². The van der Waals surface area contributed by atoms with Crippen molar-refractivity contribution in [1.82, 2.24) is 38.3 Å². The molecule has 0 fully saturated rings. The molecule has 3 atom stereocenters. The smallest absolute Gasteiger partial charge is 0.455 e. The van der Waals surface area contributed by atoms with E-state index in [1.807, 2.05) is 58.0 Å². The molecule has 7 heterocycles. The minimum Gasteiger partial charge on any atom is -0.504 e. The summed E-state index contributed by atoms with van der Waals surface area (Å²) in [7, 11) is 0. The van der Waals surface area contributed by atoms with Crippen molar-refractivity contribution in [3.05, 3.63) is 336 Å². The SMILES string of the molecule is CCC(C)COc1cccc(C(C(=O)C(F)(F)F)=C(O)C(F)(F)F)c1.CCC(C)Cc1ccc(-c2ccc(-c3nnc(-c4ccc(C(C)(C)C)cc4)o3)cc2)cc1.CCC(C)Cc1ccc(-n2c3ccc(-n4c5ccccc5c5ccccc54)cc3c3cc(-n4c5ccccc5c5ccccc54)ccc32)cc1.Cc1c[c-]c2c(n1)c1c(C)cccc1n1cc(C)nc21.[Pt]. The second-order valence-electron chi connectivity index (χ2n) is 34.3. The van der Waals surface area contributed by atoms with Gasteiger partial charge >= 0.3 is 12.4 Å². The number of rotatable bonds is 18. The van der Waals surface area contributed by atoms with E-state index in [0.29, 0.717) is 17.7 Å². The van der Waals surface area contributed by atoms with Gasteiger partial charge in [-0.2, -0.15) is 26.3 Å². The fourth-order valence-corrected chi connectivity index (χ4v) is 16.7. The first-order chi connectivity index (χ1) is 61.0. The third-order valence-electron chi connectivity index (χ3n) is 24.1. The molecule has 19 rings (SSSR count). The Hall–Kier alpha value is -13.2. The number of aryl methyl sites for hydroxylation is 3. The maximum Gasteiger partial charge on any atom is 0.455 e. The van der Waals surface area contributed by atoms with Gasteiger partial charge in [0.05, 0.1) is 50.9 Å². The van der Waals surface area contributed by atoms with Crippen LogP contribution < -0.4 is 4.74 Å². The summed E-state index contributed by atoms with van der Waals surface area (Å²) in [5, 5.41) is 27.5. The normalized spacial score (nSPS) is 12.8. The summed E-state index contributed by atoms with van der Waals surface area (Å²) in [5.41, 5.74) is 23.0. The number of hydrogen-bond donors (Lipinski definition) is 1. The molecule has 0 saturated carbocycles. The predicted octanol–water partition coefficient (Wildman–Crippen LogP) is 29.4. The maximum atomic E-state index is 12.7. The number of hydrogen-bond acceptors (Lipinski definition) is 8. The van der Waals surface area contributed by atoms with Gasteiger partial charge in [-0.3, -0.25) is 9.78 Å². The third-order valence-corrected chi connectivity index (χ3v) is 24.1. The molecule has 0 radical (unpaired) electrons. The van der Waals surface area contributed by atoms with E-state index in [1.165, 1.54) is 140 Å². The Morgan fingerprint density at radius 3 is 1.37 bits per heavy atom. The van der Waals surface area contributed by atoms with Crippen LogP contribution in [0.1, 0.15) is 121 Å². The molecule has 12 nitrogen and oxygen atoms in total. The molecule has 0 spiro atoms. The molecule has 0 bridgehead atoms. The molecule has 1 N–H and O–H groups in total. The van der Waals surface area contributed by atoms with Gasteiger partial charge < -0.3 is 37.3 Å². The van der Waals surface area contributed by atoms with Crippen LogP contribution in [-0.4, -0.2) is 68.1 Å². The van der Waals surface area contributed by atoms with Gasteiger partial charge in [-0.05, 0) is 221 Å². The molecule has 0 aliphatic rings. The molecule has 19 heteroatoms. The van der Waals surface area contributed by atoms with E-state index in [-0.39, 0.29) is 44.8 Å². The number of pyridine rings is 2. The number of ether oxygens (including phenoxy) is 1. The number of para-hydroxylation sites is 4. The van der Waals surface area contributed by atoms with Crippen LogP contribution in [0.2, 0.25) is 0 Å². The number of allylic oxidation sites excluding steroid dienone is 2. The van der Waals surface area contributed by atoms with Gasteiger partial charge in [-0.1, -0.05) is 252 Å². The Morgan fingerprint density at radius 2 is 0.891 bits per heavy atom. The van der Waals surface area contributed by atoms with Crippen molar-refractivity contribution >= 4 is 104 Å². The first-order valence-corrected chi connectivity index (χ1v) is 43.2. The second kappa shape index (κ2) is 37.4. The number of alkyl halides is 6. The topological polar surface area (TPSA) is 130 Å². The number of carbonyl (C=O) groups is 1. The number of aromatic nitrogens is 8. The predicted molar refractivity (Wildman–Crippen MR) is 504 cm³/mol. The van der Waals surface area contributed by atoms with E-state index < -0.39 is 35.0 Å². The number of aliphatic hydroxyl groups excluding tert-OH is 1. The summed E-state index contributed by atoms with van der Waals surface area (Å²) in [6, 6.07) is 99.7. The summed E-state index contributed by atoms with van der Waals surface area (Å²) in [6.45, 7) is 25.8. The molecule has 0 aliphatic carbocycles. The number of Topliss-reactive ketones (excluding diaryl/α,β-unsaturated/α-hetero) is 1. The fourth-order valence-electron chi connectivity index (χ4n) is 16.7. The van der Waals surface area contributed by atoms with Gasteiger partial charge in [0, 0.05) is 99.0 Å². The molecule has 3 unspecified atom stereocenters. The summed E-state index contributed by atoms with van der Waals surface area (Å²) in [4.78, 5) is 20.8. The minimum atomic E-state index is -5.58. The Balaban J connectivity index is 0.000000140. The van der Waals surface area contributed by atoms with Crippen LogP contribution >= 0.6 is 0 Å². The first kappa shape index (κ1) is 89.6. The third kappa shape index (κ3) is 18.5. The van der Waals surface area contributed by atoms with Crippen molar-refractivity contribution in [3.63, 3.8) is 0 Å². The van der Waals surface area contributed by atoms with Gasteiger partial charge in [0.15, 0.2) is 0 Å². The number of imidazole rings is 1. The number of ketones is 1. The molecule has 0 saturated heterocycles. The standard InChI is InChI=1S/C47H37N3.C29H32N2O.C17H14N3.C16H16F6O3.Pt/c1-3-31(2)28-32-20-22-33(23-21-32)48-46-26-24-34(49-42-16-8-4-12-36(42)37-13-5-9-17-43(37)49)29-40(46)41-30-35(25-27-47(41)48)50-44-18-10-6-14-38(44)39-15-7-11-19-45(39)50;1-6-20(2)19-21-7-9-22(10-8-21)23-11-13-24(14-12-23)27-30-31-28(32-27)25-15-17-26(18-16-25)29(3,4)5;1-10-5-4-6-14-15(10)16-13(8-7-11(2)18-16)17-19-12(3)9-20(14)17;1-3-9(2)8-25-11-6-4-5-10(7-11)12(13(23)15(17,18)19)14(24)16(20,21)22;/h4-27,29-31H,3,28H2,1-2H3;7-18,20H,6,19H2,1-5H3;4-7,9H,1-3H3;4-7,9,23H,3,8H2,1-2H3;/q;;-1;;. The average molecular weight is 1890 g/mol. The first-order valence-electron chi connectivity index (χ1n) is 43.2. The van der Waals surface area contributed by atoms with Crippen LogP contribution in [0.15, 0.2) is 295 Å². The average Bonchev–Trinajstić information content (AvgIpc) is 1.53. The van der Waals surface area contributed by atoms with Gasteiger partial charge in [-0.15, -0.1) is 22.3 Å². The summed E-state index contributed by atoms with van der Waals surface area (Å²) >= 11 is 0. The fraction of sp³-hybridized carbons (Fsp3) is 0.220. The molecule has 7 aromatic heterocycles. The Morgan fingerprint density at radius 1 is 0.461 bits per heavy atom. The Bertz CT molecular complexity index is 7020. The molecule has 0 aliphatic heterocycles. The number of nitrogens with zero attached hydrogens (tertiary/aromatic N) is 8. The monoisotopic (exact) mass is 1890 g/mol. The van der Waals surface area contributed by atoms with E-state index >= 15 is 0 Å². The molecule has 12 aromatic carbocycles. The number of aliphatic hydroxyl groups is 1. The maximum absolute atomic E-state index is 12.7. The summed E-state index contributed by atoms with van der Waals surface area (Å²) < 4.78 is 96.7. The molecular formula is C109H99F6N8O4Pt-. The van der Waals surface area contributed by atoms with Gasteiger partial charge in [0.2, 0.25) is 17.5 Å². The van der Waals surface area contributed by atoms with Crippen LogP contribution in [-0.2, 0) is 44.1 Å². The van der Waals surface area contributed by atoms with Crippen molar-refractivity contribution in [2.45, 2.75) is 133 Å². The molecule has 0 amide bonds. The van der Waals surface area contributed by atoms with Crippen molar-refractivity contribution in [2.75, 3.05) is 6.61 Å². The van der Waals surface area contributed by atoms with Crippen LogP contribution in [0, 0.1) is 44.6 Å². The number of halogens is 6. The van der Waals surface area contributed by atoms with Crippen molar-refractivity contribution in [3.8, 4) is 56.8 Å². The van der Waals surface area contributed by atoms with Crippen LogP contribution in [0.3, 0.4) is 0 Å². The van der Waals surface area contributed by atoms with E-state index in [9.17, 15) is 36.2 Å². The summed E-state index contributed by atoms with van der Waals surface area (Å²) in [6.07, 6.45) is -3.62. The van der Waals surface area contributed by atoms with Gasteiger partial charge in [0.25, 0.3) is 5.78 Å². The number of carbonyl (C=O) groups excluding carboxylic acids is 1. The number of fused-ring (bicyclic) bond motifs is 15. The zero-order chi connectivity index (χ0) is 89.3. The van der Waals surface area contributed by atoms with E-state index in [4.69, 9.17) is 14.1 Å². The Labute approximate surface area is 754 Å². The van der Waals surface area contributed by atoms with Gasteiger partial charge in [0.1, 0.15) is 5.75 Å². The Kier molecular flexibility index (Phi) is 26.2. The largest absolute Gasteiger partial charge is 0.504 e. The summed E-state index contributed by atoms with van der Waals surface area (Å²) in [5.74, 6) is -2.82. The van der Waals surface area contributed by atoms with Crippen molar-refractivity contribution < 1.29 is 66.5 Å². The molecule has 652 valence electrons. The van der Waals surface area contributed by atoms with Gasteiger partial charge in [-0.25, -0.2) is 0 Å². The van der Waals surface area contributed by atoms with Crippen LogP contribution in [0.5, 0.6) is 5.75 Å². The van der Waals surface area contributed by atoms with Crippen molar-refractivity contribution in [2.24, 2.45) is 17.8 Å². The minimum absolute atomic E-state index is 0. The quantitative estimate of drug-likeness (QED) is 0.0296. The van der Waals surface area contributed by atoms with Crippen molar-refractivity contribution in [1.29, 1.82) is 0 Å². The zero-order valence-electron chi connectivity index (χ0n) is 73.4. The van der Waals surface area contributed by atoms with E-state index in [0.717, 1.165) is 88.0 Å². The molecule has 19 aromatic rings. The second-order valence-corrected chi connectivity index (χ2v) is 34.3. The van der Waals surface area contributed by atoms with E-state index in [2.05, 4.69) is 325 Å².